The summed E-state index contributed by atoms with van der Waals surface area (Å²) in [6, 6.07) is 3.17. The van der Waals surface area contributed by atoms with Crippen molar-refractivity contribution >= 4 is 21.8 Å². The molecule has 0 amide bonds. The van der Waals surface area contributed by atoms with E-state index >= 15 is 0 Å². The van der Waals surface area contributed by atoms with Crippen LogP contribution < -0.4 is 5.56 Å². The summed E-state index contributed by atoms with van der Waals surface area (Å²) < 4.78 is 13.2. The maximum atomic E-state index is 11.6. The number of nitrogens with zero attached hydrogens (tertiary/aromatic N) is 3. The van der Waals surface area contributed by atoms with E-state index in [9.17, 15) is 9.00 Å². The zero-order valence-corrected chi connectivity index (χ0v) is 8.53. The van der Waals surface area contributed by atoms with Crippen LogP contribution in [0, 0.1) is 0 Å². The van der Waals surface area contributed by atoms with E-state index in [0.717, 1.165) is 5.39 Å². The first-order valence-corrected chi connectivity index (χ1v) is 5.82. The van der Waals surface area contributed by atoms with E-state index in [1.165, 1.54) is 6.07 Å². The molecule has 0 saturated carbocycles. The van der Waals surface area contributed by atoms with Crippen molar-refractivity contribution < 1.29 is 4.21 Å². The molecule has 6 heteroatoms. The maximum absolute atomic E-state index is 11.6. The standard InChI is InChI=1S/C9H7N3O2S/c13-7-2-1-6-5-10-9-11-8(6)12(7)3-4-15(9)14/h1-2,5H,3-4H2. The van der Waals surface area contributed by atoms with Crippen molar-refractivity contribution in [1.82, 2.24) is 14.5 Å². The van der Waals surface area contributed by atoms with Gasteiger partial charge in [-0.1, -0.05) is 0 Å². The first-order valence-electron chi connectivity index (χ1n) is 4.51. The lowest BCUT2D eigenvalue weighted by atomic mass is 10.3. The van der Waals surface area contributed by atoms with Crippen LogP contribution in [0.15, 0.2) is 28.3 Å². The Bertz CT molecular complexity index is 635. The lowest BCUT2D eigenvalue weighted by Gasteiger charge is -2.03. The predicted octanol–water partition coefficient (Wildman–Crippen LogP) is -0.0873. The number of rotatable bonds is 0. The van der Waals surface area contributed by atoms with Gasteiger partial charge in [-0.25, -0.2) is 9.97 Å². The van der Waals surface area contributed by atoms with Crippen LogP contribution in [0.2, 0.25) is 0 Å². The zero-order chi connectivity index (χ0) is 10.4. The van der Waals surface area contributed by atoms with E-state index in [0.29, 0.717) is 23.1 Å². The van der Waals surface area contributed by atoms with Crippen LogP contribution in [0.1, 0.15) is 0 Å². The smallest absolute Gasteiger partial charge is 0.252 e. The van der Waals surface area contributed by atoms with Crippen molar-refractivity contribution in [2.45, 2.75) is 11.7 Å². The maximum Gasteiger partial charge on any atom is 0.252 e. The summed E-state index contributed by atoms with van der Waals surface area (Å²) >= 11 is 0. The summed E-state index contributed by atoms with van der Waals surface area (Å²) in [6.45, 7) is 0.435. The Balaban J connectivity index is 2.50. The molecule has 1 unspecified atom stereocenters. The molecular weight excluding hydrogens is 214 g/mol. The minimum atomic E-state index is -1.19. The summed E-state index contributed by atoms with van der Waals surface area (Å²) in [7, 11) is -1.19. The monoisotopic (exact) mass is 221 g/mol. The second-order valence-corrected chi connectivity index (χ2v) is 4.77. The molecule has 76 valence electrons. The van der Waals surface area contributed by atoms with Gasteiger partial charge in [0.1, 0.15) is 5.65 Å². The lowest BCUT2D eigenvalue weighted by molar-refractivity contribution is 0.672. The summed E-state index contributed by atoms with van der Waals surface area (Å²) in [5.74, 6) is 0.395. The van der Waals surface area contributed by atoms with Gasteiger partial charge in [0.05, 0.1) is 10.8 Å². The molecule has 2 aromatic heterocycles. The Morgan fingerprint density at radius 1 is 1.40 bits per heavy atom. The molecule has 3 rings (SSSR count). The van der Waals surface area contributed by atoms with Gasteiger partial charge in [-0.2, -0.15) is 0 Å². The average Bonchev–Trinajstić information content (AvgIpc) is 2.39. The van der Waals surface area contributed by atoms with E-state index in [4.69, 9.17) is 0 Å². The SMILES string of the molecule is O=c1ccc2cnc3nc2n1CCS3=O. The molecule has 0 aliphatic carbocycles. The van der Waals surface area contributed by atoms with E-state index in [1.807, 2.05) is 0 Å². The van der Waals surface area contributed by atoms with Crippen LogP contribution >= 0.6 is 0 Å². The average molecular weight is 221 g/mol. The van der Waals surface area contributed by atoms with Crippen LogP contribution in [0.5, 0.6) is 0 Å². The normalized spacial score (nSPS) is 19.3. The molecule has 0 N–H and O–H groups in total. The highest BCUT2D eigenvalue weighted by Gasteiger charge is 2.16. The third kappa shape index (κ3) is 1.21. The fraction of sp³-hybridized carbons (Fsp3) is 0.222. The van der Waals surface area contributed by atoms with Crippen molar-refractivity contribution in [3.8, 4) is 0 Å². The molecule has 0 aromatic carbocycles. The summed E-state index contributed by atoms with van der Waals surface area (Å²) in [5, 5.41) is 1.12. The Morgan fingerprint density at radius 3 is 3.13 bits per heavy atom. The lowest BCUT2D eigenvalue weighted by Crippen LogP contribution is -2.20. The Morgan fingerprint density at radius 2 is 2.27 bits per heavy atom. The van der Waals surface area contributed by atoms with Crippen LogP contribution in [0.25, 0.3) is 11.0 Å². The van der Waals surface area contributed by atoms with E-state index < -0.39 is 10.8 Å². The molecule has 0 saturated heterocycles. The molecule has 0 spiro atoms. The molecule has 5 nitrogen and oxygen atoms in total. The van der Waals surface area contributed by atoms with Crippen LogP contribution in [-0.2, 0) is 17.3 Å². The molecule has 2 aromatic rings. The number of aromatic nitrogens is 3. The third-order valence-electron chi connectivity index (χ3n) is 2.40. The van der Waals surface area contributed by atoms with Gasteiger partial charge in [0, 0.05) is 29.9 Å². The predicted molar refractivity (Wildman–Crippen MR) is 55.1 cm³/mol. The van der Waals surface area contributed by atoms with Gasteiger partial charge >= 0.3 is 0 Å². The van der Waals surface area contributed by atoms with Crippen LogP contribution in [0.3, 0.4) is 0 Å². The molecule has 0 fully saturated rings. The quantitative estimate of drug-likeness (QED) is 0.583. The van der Waals surface area contributed by atoms with Crippen molar-refractivity contribution in [2.24, 2.45) is 0 Å². The largest absolute Gasteiger partial charge is 0.292 e. The molecule has 1 aliphatic rings. The van der Waals surface area contributed by atoms with Gasteiger partial charge in [-0.05, 0) is 6.07 Å². The molecule has 0 radical (unpaired) electrons. The van der Waals surface area contributed by atoms with Gasteiger partial charge in [-0.3, -0.25) is 13.6 Å². The molecule has 15 heavy (non-hydrogen) atoms. The molecule has 3 heterocycles. The van der Waals surface area contributed by atoms with Crippen LogP contribution in [-0.4, -0.2) is 24.5 Å². The molecule has 2 bridgehead atoms. The van der Waals surface area contributed by atoms with Gasteiger partial charge in [-0.15, -0.1) is 0 Å². The zero-order valence-electron chi connectivity index (χ0n) is 7.71. The number of pyridine rings is 1. The number of hydrogen-bond acceptors (Lipinski definition) is 4. The first-order chi connectivity index (χ1) is 7.25. The number of fused-ring (bicyclic) bond motifs is 1. The van der Waals surface area contributed by atoms with Crippen molar-refractivity contribution in [2.75, 3.05) is 5.75 Å². The Labute approximate surface area is 87.2 Å². The van der Waals surface area contributed by atoms with Crippen LogP contribution in [0.4, 0.5) is 0 Å². The van der Waals surface area contributed by atoms with Crippen molar-refractivity contribution in [1.29, 1.82) is 0 Å². The molecular formula is C9H7N3O2S. The summed E-state index contributed by atoms with van der Waals surface area (Å²) in [5.41, 5.74) is 0.476. The second kappa shape index (κ2) is 2.96. The van der Waals surface area contributed by atoms with Crippen molar-refractivity contribution in [3.63, 3.8) is 0 Å². The number of hydrogen-bond donors (Lipinski definition) is 0. The summed E-state index contributed by atoms with van der Waals surface area (Å²) in [6.07, 6.45) is 1.61. The molecule has 1 aliphatic heterocycles. The molecule has 1 atom stereocenters. The van der Waals surface area contributed by atoms with E-state index in [2.05, 4.69) is 9.97 Å². The first kappa shape index (κ1) is 8.72. The van der Waals surface area contributed by atoms with Gasteiger partial charge in [0.2, 0.25) is 5.16 Å². The van der Waals surface area contributed by atoms with E-state index in [-0.39, 0.29) is 5.56 Å². The third-order valence-corrected chi connectivity index (χ3v) is 3.56. The number of aryl methyl sites for hydroxylation is 1. The van der Waals surface area contributed by atoms with E-state index in [1.54, 1.807) is 16.8 Å². The highest BCUT2D eigenvalue weighted by molar-refractivity contribution is 7.84. The topological polar surface area (TPSA) is 64.8 Å². The highest BCUT2D eigenvalue weighted by Crippen LogP contribution is 2.13. The Hall–Kier alpha value is -1.56. The van der Waals surface area contributed by atoms with Gasteiger partial charge in [0.15, 0.2) is 0 Å². The Kier molecular flexibility index (Phi) is 1.72. The minimum Gasteiger partial charge on any atom is -0.292 e. The minimum absolute atomic E-state index is 0.106. The van der Waals surface area contributed by atoms with Crippen molar-refractivity contribution in [3.05, 3.63) is 28.7 Å². The second-order valence-electron chi connectivity index (χ2n) is 3.30. The summed E-state index contributed by atoms with van der Waals surface area (Å²) in [4.78, 5) is 19.7. The van der Waals surface area contributed by atoms with Gasteiger partial charge in [0.25, 0.3) is 5.56 Å². The van der Waals surface area contributed by atoms with Gasteiger partial charge < -0.3 is 0 Å². The highest BCUT2D eigenvalue weighted by atomic mass is 32.2. The fourth-order valence-electron chi connectivity index (χ4n) is 1.65. The fourth-order valence-corrected chi connectivity index (χ4v) is 2.54.